The van der Waals surface area contributed by atoms with Gasteiger partial charge in [0.05, 0.1) is 13.7 Å². The van der Waals surface area contributed by atoms with Crippen molar-refractivity contribution in [1.29, 1.82) is 0 Å². The van der Waals surface area contributed by atoms with E-state index in [0.29, 0.717) is 6.54 Å². The predicted octanol–water partition coefficient (Wildman–Crippen LogP) is 1.35. The molecule has 0 amide bonds. The second-order valence-corrected chi connectivity index (χ2v) is 4.75. The molecule has 2 N–H and O–H groups in total. The maximum atomic E-state index is 5.15. The minimum Gasteiger partial charge on any atom is -0.497 e. The predicted molar refractivity (Wildman–Crippen MR) is 101 cm³/mol. The molecule has 0 bridgehead atoms. The molecule has 0 fully saturated rings. The van der Waals surface area contributed by atoms with Crippen LogP contribution in [0.4, 0.5) is 0 Å². The number of nitrogens with zero attached hydrogens (tertiary/aromatic N) is 4. The lowest BCUT2D eigenvalue weighted by Gasteiger charge is -2.11. The van der Waals surface area contributed by atoms with Gasteiger partial charge in [-0.1, -0.05) is 12.1 Å². The molecule has 0 atom stereocenters. The summed E-state index contributed by atoms with van der Waals surface area (Å²) in [5, 5.41) is 10.5. The Labute approximate surface area is 153 Å². The summed E-state index contributed by atoms with van der Waals surface area (Å²) in [4.78, 5) is 8.35. The fraction of sp³-hybridized carbons (Fsp3) is 0.400. The number of methoxy groups -OCH3 is 1. The van der Waals surface area contributed by atoms with Crippen molar-refractivity contribution >= 4 is 29.9 Å². The summed E-state index contributed by atoms with van der Waals surface area (Å²) in [5.74, 6) is 2.48. The summed E-state index contributed by atoms with van der Waals surface area (Å²) in [5.41, 5.74) is 1.25. The summed E-state index contributed by atoms with van der Waals surface area (Å²) in [6.07, 6.45) is 2.45. The van der Waals surface area contributed by atoms with Crippen LogP contribution in [0.1, 0.15) is 11.4 Å². The van der Waals surface area contributed by atoms with Gasteiger partial charge in [-0.3, -0.25) is 9.67 Å². The number of aliphatic imine (C=N–C) groups is 1. The molecule has 7 nitrogen and oxygen atoms in total. The first kappa shape index (κ1) is 19.2. The molecule has 2 aromatic rings. The molecule has 0 radical (unpaired) electrons. The zero-order chi connectivity index (χ0) is 15.8. The normalized spacial score (nSPS) is 10.8. The zero-order valence-electron chi connectivity index (χ0n) is 13.6. The first-order chi connectivity index (χ1) is 10.7. The van der Waals surface area contributed by atoms with E-state index in [9.17, 15) is 0 Å². The van der Waals surface area contributed by atoms with Gasteiger partial charge in [0.25, 0.3) is 0 Å². The Morgan fingerprint density at radius 1 is 1.26 bits per heavy atom. The van der Waals surface area contributed by atoms with Crippen LogP contribution >= 0.6 is 24.0 Å². The van der Waals surface area contributed by atoms with Gasteiger partial charge in [0.2, 0.25) is 0 Å². The first-order valence-corrected chi connectivity index (χ1v) is 7.13. The molecule has 8 heteroatoms. The number of nitrogens with one attached hydrogen (secondary N) is 2. The molecule has 0 aliphatic rings. The fourth-order valence-electron chi connectivity index (χ4n) is 1.98. The average molecular weight is 430 g/mol. The van der Waals surface area contributed by atoms with Crippen molar-refractivity contribution in [3.8, 4) is 5.75 Å². The smallest absolute Gasteiger partial charge is 0.191 e. The minimum atomic E-state index is 0. The van der Waals surface area contributed by atoms with E-state index in [-0.39, 0.29) is 24.0 Å². The van der Waals surface area contributed by atoms with E-state index < -0.39 is 0 Å². The Balaban J connectivity index is 0.00000264. The van der Waals surface area contributed by atoms with Crippen molar-refractivity contribution in [1.82, 2.24) is 25.4 Å². The Morgan fingerprint density at radius 2 is 2.00 bits per heavy atom. The van der Waals surface area contributed by atoms with Crippen molar-refractivity contribution in [2.75, 3.05) is 20.7 Å². The zero-order valence-corrected chi connectivity index (χ0v) is 15.9. The van der Waals surface area contributed by atoms with Crippen LogP contribution in [0.2, 0.25) is 0 Å². The van der Waals surface area contributed by atoms with Gasteiger partial charge < -0.3 is 15.4 Å². The molecule has 2 rings (SSSR count). The lowest BCUT2D eigenvalue weighted by Crippen LogP contribution is -2.38. The second-order valence-electron chi connectivity index (χ2n) is 4.75. The molecular weight excluding hydrogens is 407 g/mol. The summed E-state index contributed by atoms with van der Waals surface area (Å²) in [6, 6.07) is 8.07. The van der Waals surface area contributed by atoms with Crippen LogP contribution in [-0.2, 0) is 20.0 Å². The third-order valence-electron chi connectivity index (χ3n) is 3.31. The van der Waals surface area contributed by atoms with E-state index in [4.69, 9.17) is 4.74 Å². The molecule has 1 aromatic heterocycles. The van der Waals surface area contributed by atoms with Crippen LogP contribution in [0, 0.1) is 0 Å². The highest BCUT2D eigenvalue weighted by molar-refractivity contribution is 14.0. The molecule has 126 valence electrons. The average Bonchev–Trinajstić information content (AvgIpc) is 2.96. The number of guanidine groups is 1. The molecule has 0 aliphatic heterocycles. The number of ether oxygens (including phenoxy) is 1. The van der Waals surface area contributed by atoms with Gasteiger partial charge in [0, 0.05) is 20.6 Å². The third kappa shape index (κ3) is 6.05. The molecular formula is C15H23IN6O. The van der Waals surface area contributed by atoms with Gasteiger partial charge in [-0.15, -0.1) is 24.0 Å². The lowest BCUT2D eigenvalue weighted by atomic mass is 10.1. The highest BCUT2D eigenvalue weighted by Gasteiger charge is 2.02. The second kappa shape index (κ2) is 10.0. The maximum Gasteiger partial charge on any atom is 0.191 e. The van der Waals surface area contributed by atoms with Gasteiger partial charge >= 0.3 is 0 Å². The van der Waals surface area contributed by atoms with Crippen molar-refractivity contribution in [3.05, 3.63) is 42.0 Å². The number of rotatable bonds is 6. The van der Waals surface area contributed by atoms with Crippen LogP contribution in [0.15, 0.2) is 35.6 Å². The van der Waals surface area contributed by atoms with Gasteiger partial charge in [-0.25, -0.2) is 4.98 Å². The molecule has 0 unspecified atom stereocenters. The molecule has 1 aromatic carbocycles. The molecule has 0 aliphatic carbocycles. The minimum absolute atomic E-state index is 0. The molecule has 0 spiro atoms. The molecule has 1 heterocycles. The van der Waals surface area contributed by atoms with Gasteiger partial charge in [-0.05, 0) is 24.1 Å². The van der Waals surface area contributed by atoms with E-state index in [0.717, 1.165) is 30.5 Å². The number of hydrogen-bond donors (Lipinski definition) is 2. The van der Waals surface area contributed by atoms with E-state index in [1.807, 2.05) is 19.2 Å². The Bertz CT molecular complexity index is 611. The van der Waals surface area contributed by atoms with E-state index in [2.05, 4.69) is 37.8 Å². The van der Waals surface area contributed by atoms with Crippen LogP contribution in [0.25, 0.3) is 0 Å². The van der Waals surface area contributed by atoms with E-state index >= 15 is 0 Å². The summed E-state index contributed by atoms with van der Waals surface area (Å²) >= 11 is 0. The highest BCUT2D eigenvalue weighted by atomic mass is 127. The summed E-state index contributed by atoms with van der Waals surface area (Å²) < 4.78 is 6.88. The SMILES string of the molecule is CN=C(NCCc1ccc(OC)cc1)NCc1ncnn1C.I. The number of hydrogen-bond acceptors (Lipinski definition) is 4. The standard InChI is InChI=1S/C15H22N6O.HI/c1-16-15(18-10-14-19-11-20-21(14)2)17-9-8-12-4-6-13(22-3)7-5-12;/h4-7,11H,8-10H2,1-3H3,(H2,16,17,18);1H. The van der Waals surface area contributed by atoms with Crippen molar-refractivity contribution < 1.29 is 4.74 Å². The third-order valence-corrected chi connectivity index (χ3v) is 3.31. The lowest BCUT2D eigenvalue weighted by molar-refractivity contribution is 0.414. The summed E-state index contributed by atoms with van der Waals surface area (Å²) in [7, 11) is 5.28. The topological polar surface area (TPSA) is 76.4 Å². The Kier molecular flexibility index (Phi) is 8.38. The van der Waals surface area contributed by atoms with Gasteiger partial charge in [0.15, 0.2) is 5.96 Å². The first-order valence-electron chi connectivity index (χ1n) is 7.13. The largest absolute Gasteiger partial charge is 0.497 e. The van der Waals surface area contributed by atoms with Crippen LogP contribution in [0.5, 0.6) is 5.75 Å². The van der Waals surface area contributed by atoms with Crippen molar-refractivity contribution in [3.63, 3.8) is 0 Å². The van der Waals surface area contributed by atoms with Gasteiger partial charge in [-0.2, -0.15) is 5.10 Å². The molecule has 0 saturated carbocycles. The molecule has 23 heavy (non-hydrogen) atoms. The number of aromatic nitrogens is 3. The number of benzene rings is 1. The molecule has 0 saturated heterocycles. The monoisotopic (exact) mass is 430 g/mol. The fourth-order valence-corrected chi connectivity index (χ4v) is 1.98. The van der Waals surface area contributed by atoms with Crippen molar-refractivity contribution in [2.45, 2.75) is 13.0 Å². The van der Waals surface area contributed by atoms with Crippen LogP contribution < -0.4 is 15.4 Å². The van der Waals surface area contributed by atoms with Crippen LogP contribution in [-0.4, -0.2) is 41.4 Å². The Morgan fingerprint density at radius 3 is 2.57 bits per heavy atom. The number of halogens is 1. The van der Waals surface area contributed by atoms with E-state index in [1.165, 1.54) is 11.9 Å². The van der Waals surface area contributed by atoms with Gasteiger partial charge in [0.1, 0.15) is 17.9 Å². The summed E-state index contributed by atoms with van der Waals surface area (Å²) in [6.45, 7) is 1.38. The number of aryl methyl sites for hydroxylation is 1. The maximum absolute atomic E-state index is 5.15. The Hall–Kier alpha value is -1.84. The quantitative estimate of drug-likeness (QED) is 0.411. The highest BCUT2D eigenvalue weighted by Crippen LogP contribution is 2.11. The van der Waals surface area contributed by atoms with E-state index in [1.54, 1.807) is 18.8 Å². The van der Waals surface area contributed by atoms with Crippen molar-refractivity contribution in [2.24, 2.45) is 12.0 Å². The van der Waals surface area contributed by atoms with Crippen LogP contribution in [0.3, 0.4) is 0 Å².